The molecule has 20 heavy (non-hydrogen) atoms. The van der Waals surface area contributed by atoms with Gasteiger partial charge in [-0.05, 0) is 50.0 Å². The predicted octanol–water partition coefficient (Wildman–Crippen LogP) is 3.26. The van der Waals surface area contributed by atoms with Crippen molar-refractivity contribution in [2.45, 2.75) is 45.6 Å². The molecule has 0 bridgehead atoms. The summed E-state index contributed by atoms with van der Waals surface area (Å²) < 4.78 is 0. The van der Waals surface area contributed by atoms with Gasteiger partial charge in [-0.2, -0.15) is 0 Å². The second kappa shape index (κ2) is 6.55. The van der Waals surface area contributed by atoms with E-state index in [1.54, 1.807) is 12.3 Å². The maximum atomic E-state index is 10.5. The standard InChI is InChI=1S/C16H22N2O2/c1-3-18(14-6-4-5-7-14)16-12(2)10-13(11-17-16)8-9-15(19)20/h8-11,14H,3-7H2,1-2H3,(H,19,20)/b9-8+. The van der Waals surface area contributed by atoms with Gasteiger partial charge in [0.25, 0.3) is 0 Å². The van der Waals surface area contributed by atoms with Crippen LogP contribution < -0.4 is 4.90 Å². The zero-order valence-electron chi connectivity index (χ0n) is 12.2. The van der Waals surface area contributed by atoms with Crippen LogP contribution in [0.1, 0.15) is 43.7 Å². The van der Waals surface area contributed by atoms with E-state index in [9.17, 15) is 4.79 Å². The quantitative estimate of drug-likeness (QED) is 0.837. The maximum Gasteiger partial charge on any atom is 0.328 e. The Labute approximate surface area is 120 Å². The Kier molecular flexibility index (Phi) is 4.77. The van der Waals surface area contributed by atoms with Crippen LogP contribution >= 0.6 is 0 Å². The third kappa shape index (κ3) is 3.38. The second-order valence-corrected chi connectivity index (χ2v) is 5.31. The van der Waals surface area contributed by atoms with E-state index in [1.165, 1.54) is 25.7 Å². The minimum absolute atomic E-state index is 0.603. The molecular formula is C16H22N2O2. The summed E-state index contributed by atoms with van der Waals surface area (Å²) in [6, 6.07) is 2.60. The first-order valence-corrected chi connectivity index (χ1v) is 7.26. The number of hydrogen-bond donors (Lipinski definition) is 1. The number of aryl methyl sites for hydroxylation is 1. The van der Waals surface area contributed by atoms with Gasteiger partial charge in [0, 0.05) is 24.9 Å². The molecule has 0 spiro atoms. The van der Waals surface area contributed by atoms with Crippen LogP contribution in [0.3, 0.4) is 0 Å². The minimum atomic E-state index is -0.937. The van der Waals surface area contributed by atoms with Crippen LogP contribution in [-0.4, -0.2) is 28.6 Å². The number of pyridine rings is 1. The summed E-state index contributed by atoms with van der Waals surface area (Å²) >= 11 is 0. The monoisotopic (exact) mass is 274 g/mol. The minimum Gasteiger partial charge on any atom is -0.478 e. The molecule has 4 heteroatoms. The van der Waals surface area contributed by atoms with Gasteiger partial charge in [-0.3, -0.25) is 0 Å². The topological polar surface area (TPSA) is 53.4 Å². The molecule has 0 unspecified atom stereocenters. The Bertz CT molecular complexity index is 505. The number of carboxylic acids is 1. The van der Waals surface area contributed by atoms with Crippen LogP contribution in [0.4, 0.5) is 5.82 Å². The summed E-state index contributed by atoms with van der Waals surface area (Å²) in [6.45, 7) is 5.17. The van der Waals surface area contributed by atoms with Gasteiger partial charge in [-0.1, -0.05) is 12.8 Å². The van der Waals surface area contributed by atoms with Crippen molar-refractivity contribution in [1.29, 1.82) is 0 Å². The fourth-order valence-corrected chi connectivity index (χ4v) is 2.95. The first-order valence-electron chi connectivity index (χ1n) is 7.26. The van der Waals surface area contributed by atoms with E-state index in [2.05, 4.69) is 16.8 Å². The smallest absolute Gasteiger partial charge is 0.328 e. The maximum absolute atomic E-state index is 10.5. The van der Waals surface area contributed by atoms with Crippen molar-refractivity contribution in [3.63, 3.8) is 0 Å². The lowest BCUT2D eigenvalue weighted by molar-refractivity contribution is -0.131. The lowest BCUT2D eigenvalue weighted by Crippen LogP contribution is -2.34. The molecule has 1 heterocycles. The number of anilines is 1. The molecule has 2 rings (SSSR count). The third-order valence-corrected chi connectivity index (χ3v) is 3.87. The SMILES string of the molecule is CCN(c1ncc(/C=C/C(=O)O)cc1C)C1CCCC1. The van der Waals surface area contributed by atoms with Gasteiger partial charge in [0.2, 0.25) is 0 Å². The summed E-state index contributed by atoms with van der Waals surface area (Å²) in [7, 11) is 0. The molecule has 1 aliphatic rings. The highest BCUT2D eigenvalue weighted by molar-refractivity contribution is 5.85. The first-order chi connectivity index (χ1) is 9.61. The zero-order chi connectivity index (χ0) is 14.5. The molecule has 0 amide bonds. The second-order valence-electron chi connectivity index (χ2n) is 5.31. The molecule has 0 atom stereocenters. The van der Waals surface area contributed by atoms with Gasteiger partial charge < -0.3 is 10.0 Å². The summed E-state index contributed by atoms with van der Waals surface area (Å²) in [4.78, 5) is 17.5. The number of carboxylic acid groups (broad SMARTS) is 1. The molecule has 1 aromatic heterocycles. The molecule has 108 valence electrons. The van der Waals surface area contributed by atoms with E-state index in [0.717, 1.165) is 29.6 Å². The molecule has 1 aliphatic carbocycles. The van der Waals surface area contributed by atoms with E-state index < -0.39 is 5.97 Å². The van der Waals surface area contributed by atoms with Crippen molar-refractivity contribution in [3.05, 3.63) is 29.5 Å². The molecule has 1 aromatic rings. The summed E-state index contributed by atoms with van der Waals surface area (Å²) in [5.41, 5.74) is 1.93. The molecule has 0 aromatic carbocycles. The van der Waals surface area contributed by atoms with Gasteiger partial charge in [0.1, 0.15) is 5.82 Å². The Balaban J connectivity index is 2.21. The Morgan fingerprint density at radius 2 is 2.20 bits per heavy atom. The number of aromatic nitrogens is 1. The van der Waals surface area contributed by atoms with Crippen molar-refractivity contribution in [2.24, 2.45) is 0 Å². The number of nitrogens with zero attached hydrogens (tertiary/aromatic N) is 2. The van der Waals surface area contributed by atoms with Crippen molar-refractivity contribution >= 4 is 17.9 Å². The van der Waals surface area contributed by atoms with E-state index in [-0.39, 0.29) is 0 Å². The molecule has 1 saturated carbocycles. The Morgan fingerprint density at radius 3 is 2.75 bits per heavy atom. The summed E-state index contributed by atoms with van der Waals surface area (Å²) in [6.07, 6.45) is 9.58. The van der Waals surface area contributed by atoms with Crippen LogP contribution in [0.2, 0.25) is 0 Å². The third-order valence-electron chi connectivity index (χ3n) is 3.87. The Hall–Kier alpha value is -1.84. The van der Waals surface area contributed by atoms with Gasteiger partial charge in [0.05, 0.1) is 0 Å². The van der Waals surface area contributed by atoms with Gasteiger partial charge in [-0.15, -0.1) is 0 Å². The lowest BCUT2D eigenvalue weighted by atomic mass is 10.1. The largest absolute Gasteiger partial charge is 0.478 e. The fraction of sp³-hybridized carbons (Fsp3) is 0.500. The highest BCUT2D eigenvalue weighted by atomic mass is 16.4. The molecule has 1 N–H and O–H groups in total. The Morgan fingerprint density at radius 1 is 1.50 bits per heavy atom. The van der Waals surface area contributed by atoms with Crippen molar-refractivity contribution in [3.8, 4) is 0 Å². The highest BCUT2D eigenvalue weighted by Gasteiger charge is 2.23. The van der Waals surface area contributed by atoms with Gasteiger partial charge in [0.15, 0.2) is 0 Å². The predicted molar refractivity (Wildman–Crippen MR) is 80.9 cm³/mol. The fourth-order valence-electron chi connectivity index (χ4n) is 2.95. The van der Waals surface area contributed by atoms with Crippen LogP contribution in [0.5, 0.6) is 0 Å². The number of carbonyl (C=O) groups is 1. The van der Waals surface area contributed by atoms with Crippen molar-refractivity contribution in [2.75, 3.05) is 11.4 Å². The molecule has 0 saturated heterocycles. The molecule has 4 nitrogen and oxygen atoms in total. The average Bonchev–Trinajstić information content (AvgIpc) is 2.93. The van der Waals surface area contributed by atoms with E-state index in [0.29, 0.717) is 6.04 Å². The summed E-state index contributed by atoms with van der Waals surface area (Å²) in [5, 5.41) is 8.65. The van der Waals surface area contributed by atoms with Crippen LogP contribution in [0.25, 0.3) is 6.08 Å². The van der Waals surface area contributed by atoms with Gasteiger partial charge >= 0.3 is 5.97 Å². The molecule has 1 fully saturated rings. The number of hydrogen-bond acceptors (Lipinski definition) is 3. The number of rotatable bonds is 5. The highest BCUT2D eigenvalue weighted by Crippen LogP contribution is 2.29. The molecular weight excluding hydrogens is 252 g/mol. The van der Waals surface area contributed by atoms with E-state index in [4.69, 9.17) is 5.11 Å². The molecule has 0 aliphatic heterocycles. The number of aliphatic carboxylic acids is 1. The van der Waals surface area contributed by atoms with Crippen LogP contribution in [0.15, 0.2) is 18.3 Å². The lowest BCUT2D eigenvalue weighted by Gasteiger charge is -2.30. The summed E-state index contributed by atoms with van der Waals surface area (Å²) in [5.74, 6) is 0.0970. The zero-order valence-corrected chi connectivity index (χ0v) is 12.2. The molecule has 0 radical (unpaired) electrons. The average molecular weight is 274 g/mol. The van der Waals surface area contributed by atoms with Crippen molar-refractivity contribution in [1.82, 2.24) is 4.98 Å². The van der Waals surface area contributed by atoms with Crippen LogP contribution in [-0.2, 0) is 4.79 Å². The van der Waals surface area contributed by atoms with E-state index in [1.807, 2.05) is 13.0 Å². The van der Waals surface area contributed by atoms with E-state index >= 15 is 0 Å². The first kappa shape index (κ1) is 14.6. The van der Waals surface area contributed by atoms with Crippen LogP contribution in [0, 0.1) is 6.92 Å². The normalized spacial score (nSPS) is 15.9. The van der Waals surface area contributed by atoms with Gasteiger partial charge in [-0.25, -0.2) is 9.78 Å². The van der Waals surface area contributed by atoms with Crippen molar-refractivity contribution < 1.29 is 9.90 Å².